The van der Waals surface area contributed by atoms with Crippen LogP contribution in [0.3, 0.4) is 0 Å². The third-order valence-electron chi connectivity index (χ3n) is 4.62. The maximum Gasteiger partial charge on any atom is 0.237 e. The molecule has 1 saturated heterocycles. The van der Waals surface area contributed by atoms with Gasteiger partial charge in [0, 0.05) is 11.4 Å². The third kappa shape index (κ3) is 5.75. The number of carbonyl (C=O) groups is 1. The second-order valence-corrected chi connectivity index (χ2v) is 7.74. The Morgan fingerprint density at radius 2 is 2.09 bits per heavy atom. The van der Waals surface area contributed by atoms with E-state index in [0.29, 0.717) is 6.54 Å². The zero-order valence-electron chi connectivity index (χ0n) is 14.3. The van der Waals surface area contributed by atoms with Crippen LogP contribution >= 0.6 is 23.7 Å². The molecule has 1 fully saturated rings. The number of likely N-dealkylation sites (tertiary alicyclic amines) is 1. The Hall–Kier alpha value is -0.620. The highest BCUT2D eigenvalue weighted by atomic mass is 35.5. The summed E-state index contributed by atoms with van der Waals surface area (Å²) in [5.41, 5.74) is 5.94. The van der Waals surface area contributed by atoms with Crippen molar-refractivity contribution >= 4 is 29.7 Å². The molecule has 0 bridgehead atoms. The molecule has 1 aliphatic heterocycles. The Morgan fingerprint density at radius 3 is 2.61 bits per heavy atom. The largest absolute Gasteiger partial charge is 0.353 e. The van der Waals surface area contributed by atoms with Crippen LogP contribution in [-0.4, -0.2) is 36.5 Å². The van der Waals surface area contributed by atoms with Gasteiger partial charge in [-0.2, -0.15) is 0 Å². The molecule has 1 aromatic rings. The maximum absolute atomic E-state index is 12.1. The average molecular weight is 360 g/mol. The fraction of sp³-hybridized carbons (Fsp3) is 0.706. The fourth-order valence-electron chi connectivity index (χ4n) is 2.85. The van der Waals surface area contributed by atoms with Crippen molar-refractivity contribution in [2.75, 3.05) is 19.6 Å². The summed E-state index contributed by atoms with van der Waals surface area (Å²) in [5, 5.41) is 5.17. The molecule has 0 saturated carbocycles. The minimum atomic E-state index is -0.426. The van der Waals surface area contributed by atoms with Crippen LogP contribution in [-0.2, 0) is 4.79 Å². The van der Waals surface area contributed by atoms with Crippen molar-refractivity contribution in [2.45, 2.75) is 45.7 Å². The lowest BCUT2D eigenvalue weighted by Crippen LogP contribution is -2.47. The van der Waals surface area contributed by atoms with Crippen LogP contribution in [0.2, 0.25) is 0 Å². The van der Waals surface area contributed by atoms with Crippen LogP contribution < -0.4 is 11.1 Å². The van der Waals surface area contributed by atoms with Gasteiger partial charge < -0.3 is 11.1 Å². The van der Waals surface area contributed by atoms with E-state index in [1.165, 1.54) is 17.7 Å². The molecule has 1 unspecified atom stereocenters. The maximum atomic E-state index is 12.1. The summed E-state index contributed by atoms with van der Waals surface area (Å²) in [6, 6.07) is 4.10. The summed E-state index contributed by atoms with van der Waals surface area (Å²) in [4.78, 5) is 16.0. The zero-order valence-corrected chi connectivity index (χ0v) is 16.0. The van der Waals surface area contributed by atoms with Crippen LogP contribution in [0.5, 0.6) is 0 Å². The van der Waals surface area contributed by atoms with Gasteiger partial charge in [-0.1, -0.05) is 26.8 Å². The summed E-state index contributed by atoms with van der Waals surface area (Å²) in [7, 11) is 0. The number of thiophene rings is 1. The van der Waals surface area contributed by atoms with E-state index < -0.39 is 6.04 Å². The Balaban J connectivity index is 0.00000264. The number of piperidine rings is 1. The second kappa shape index (κ2) is 9.62. The van der Waals surface area contributed by atoms with Crippen LogP contribution in [0.4, 0.5) is 0 Å². The van der Waals surface area contributed by atoms with Gasteiger partial charge in [0.2, 0.25) is 5.91 Å². The molecule has 2 atom stereocenters. The first-order valence-electron chi connectivity index (χ1n) is 8.29. The first kappa shape index (κ1) is 20.4. The second-order valence-electron chi connectivity index (χ2n) is 6.76. The standard InChI is InChI=1S/C17H29N3OS.ClH/c1-12(2)16(18)17(21)19-11-14(15-5-4-10-22-15)20-8-6-13(3)7-9-20;/h4-5,10,12-14,16H,6-9,11,18H2,1-3H3,(H,19,21);1H/t14?,16-;/m0./s1. The van der Waals surface area contributed by atoms with E-state index in [4.69, 9.17) is 5.73 Å². The van der Waals surface area contributed by atoms with Crippen LogP contribution in [0, 0.1) is 11.8 Å². The Bertz CT molecular complexity index is 458. The van der Waals surface area contributed by atoms with Gasteiger partial charge >= 0.3 is 0 Å². The number of nitrogens with zero attached hydrogens (tertiary/aromatic N) is 1. The van der Waals surface area contributed by atoms with E-state index in [-0.39, 0.29) is 30.3 Å². The number of halogens is 1. The monoisotopic (exact) mass is 359 g/mol. The molecule has 0 aliphatic carbocycles. The average Bonchev–Trinajstić information content (AvgIpc) is 3.02. The van der Waals surface area contributed by atoms with Crippen molar-refractivity contribution in [1.29, 1.82) is 0 Å². The number of hydrogen-bond acceptors (Lipinski definition) is 4. The lowest BCUT2D eigenvalue weighted by Gasteiger charge is -2.36. The Labute approximate surface area is 150 Å². The van der Waals surface area contributed by atoms with E-state index >= 15 is 0 Å². The molecule has 1 amide bonds. The van der Waals surface area contributed by atoms with Gasteiger partial charge in [0.1, 0.15) is 0 Å². The van der Waals surface area contributed by atoms with Crippen molar-refractivity contribution < 1.29 is 4.79 Å². The van der Waals surface area contributed by atoms with Gasteiger partial charge in [0.15, 0.2) is 0 Å². The topological polar surface area (TPSA) is 58.4 Å². The summed E-state index contributed by atoms with van der Waals surface area (Å²) in [6.07, 6.45) is 2.47. The van der Waals surface area contributed by atoms with Crippen molar-refractivity contribution in [3.63, 3.8) is 0 Å². The molecule has 0 radical (unpaired) electrons. The summed E-state index contributed by atoms with van der Waals surface area (Å²) < 4.78 is 0. The summed E-state index contributed by atoms with van der Waals surface area (Å²) in [6.45, 7) is 9.14. The van der Waals surface area contributed by atoms with Gasteiger partial charge in [-0.25, -0.2) is 0 Å². The predicted molar refractivity (Wildman–Crippen MR) is 100 cm³/mol. The lowest BCUT2D eigenvalue weighted by atomic mass is 9.97. The van der Waals surface area contributed by atoms with Crippen molar-refractivity contribution in [1.82, 2.24) is 10.2 Å². The van der Waals surface area contributed by atoms with Gasteiger partial charge in [-0.05, 0) is 49.2 Å². The molecule has 4 nitrogen and oxygen atoms in total. The van der Waals surface area contributed by atoms with Crippen molar-refractivity contribution in [3.8, 4) is 0 Å². The quantitative estimate of drug-likeness (QED) is 0.820. The fourth-order valence-corrected chi connectivity index (χ4v) is 3.71. The first-order valence-corrected chi connectivity index (χ1v) is 9.17. The third-order valence-corrected chi connectivity index (χ3v) is 5.59. The highest BCUT2D eigenvalue weighted by molar-refractivity contribution is 7.10. The number of hydrogen-bond donors (Lipinski definition) is 2. The van der Waals surface area contributed by atoms with E-state index in [0.717, 1.165) is 19.0 Å². The Kier molecular flexibility index (Phi) is 8.54. The van der Waals surface area contributed by atoms with E-state index in [1.54, 1.807) is 11.3 Å². The normalized spacial score (nSPS) is 19.2. The highest BCUT2D eigenvalue weighted by Crippen LogP contribution is 2.29. The van der Waals surface area contributed by atoms with Crippen molar-refractivity contribution in [3.05, 3.63) is 22.4 Å². The van der Waals surface area contributed by atoms with E-state index in [2.05, 4.69) is 34.7 Å². The predicted octanol–water partition coefficient (Wildman–Crippen LogP) is 3.04. The molecule has 0 aromatic carbocycles. The lowest BCUT2D eigenvalue weighted by molar-refractivity contribution is -0.123. The molecule has 23 heavy (non-hydrogen) atoms. The minimum absolute atomic E-state index is 0. The first-order chi connectivity index (χ1) is 10.5. The molecule has 1 aromatic heterocycles. The van der Waals surface area contributed by atoms with Crippen LogP contribution in [0.25, 0.3) is 0 Å². The van der Waals surface area contributed by atoms with Gasteiger partial charge in [-0.15, -0.1) is 23.7 Å². The minimum Gasteiger partial charge on any atom is -0.353 e. The molecule has 6 heteroatoms. The number of nitrogens with two attached hydrogens (primary N) is 1. The van der Waals surface area contributed by atoms with Gasteiger partial charge in [-0.3, -0.25) is 9.69 Å². The molecule has 1 aliphatic rings. The summed E-state index contributed by atoms with van der Waals surface area (Å²) >= 11 is 1.77. The number of nitrogens with one attached hydrogen (secondary N) is 1. The molecular weight excluding hydrogens is 330 g/mol. The Morgan fingerprint density at radius 1 is 1.43 bits per heavy atom. The van der Waals surface area contributed by atoms with Gasteiger partial charge in [0.05, 0.1) is 12.1 Å². The smallest absolute Gasteiger partial charge is 0.237 e. The number of carbonyl (C=O) groups excluding carboxylic acids is 1. The van der Waals surface area contributed by atoms with Crippen molar-refractivity contribution in [2.24, 2.45) is 17.6 Å². The zero-order chi connectivity index (χ0) is 16.1. The van der Waals surface area contributed by atoms with Crippen LogP contribution in [0.1, 0.15) is 44.5 Å². The molecule has 2 rings (SSSR count). The summed E-state index contributed by atoms with van der Waals surface area (Å²) in [5.74, 6) is 0.933. The van der Waals surface area contributed by atoms with Crippen LogP contribution in [0.15, 0.2) is 17.5 Å². The molecular formula is C17H30ClN3OS. The van der Waals surface area contributed by atoms with Gasteiger partial charge in [0.25, 0.3) is 0 Å². The number of amides is 1. The molecule has 0 spiro atoms. The highest BCUT2D eigenvalue weighted by Gasteiger charge is 2.26. The number of rotatable bonds is 6. The molecule has 2 heterocycles. The van der Waals surface area contributed by atoms with E-state index in [9.17, 15) is 4.79 Å². The molecule has 132 valence electrons. The molecule has 3 N–H and O–H groups in total. The van der Waals surface area contributed by atoms with E-state index in [1.807, 2.05) is 13.8 Å². The SMILES string of the molecule is CC1CCN(C(CNC(=O)[C@@H](N)C(C)C)c2cccs2)CC1.Cl.